The minimum absolute atomic E-state index is 0.277. The first-order chi connectivity index (χ1) is 14.1. The Hall–Kier alpha value is -3.37. The minimum Gasteiger partial charge on any atom is -0.439 e. The molecule has 0 spiro atoms. The number of hydrogen-bond acceptors (Lipinski definition) is 6. The Balaban J connectivity index is 1.57. The van der Waals surface area contributed by atoms with Crippen molar-refractivity contribution in [3.8, 4) is 17.7 Å². The first-order valence-electron chi connectivity index (χ1n) is 9.68. The highest BCUT2D eigenvalue weighted by molar-refractivity contribution is 5.59. The first kappa shape index (κ1) is 19.0. The lowest BCUT2D eigenvalue weighted by Gasteiger charge is -2.24. The summed E-state index contributed by atoms with van der Waals surface area (Å²) in [7, 11) is 0. The molecule has 0 aliphatic carbocycles. The quantitative estimate of drug-likeness (QED) is 0.683. The van der Waals surface area contributed by atoms with E-state index in [4.69, 9.17) is 19.8 Å². The predicted octanol–water partition coefficient (Wildman–Crippen LogP) is 4.65. The van der Waals surface area contributed by atoms with Crippen LogP contribution >= 0.6 is 0 Å². The lowest BCUT2D eigenvalue weighted by molar-refractivity contribution is 0.0642. The van der Waals surface area contributed by atoms with Gasteiger partial charge in [0.05, 0.1) is 23.4 Å². The highest BCUT2D eigenvalue weighted by Gasteiger charge is 2.23. The number of ether oxygens (including phenoxy) is 2. The third-order valence-electron chi connectivity index (χ3n) is 5.08. The molecule has 148 valence electrons. The van der Waals surface area contributed by atoms with Crippen LogP contribution in [0.5, 0.6) is 11.6 Å². The van der Waals surface area contributed by atoms with E-state index < -0.39 is 0 Å². The molecule has 7 heteroatoms. The molecule has 0 radical (unpaired) electrons. The fourth-order valence-corrected chi connectivity index (χ4v) is 3.38. The van der Waals surface area contributed by atoms with Crippen molar-refractivity contribution in [1.82, 2.24) is 14.8 Å². The van der Waals surface area contributed by atoms with E-state index in [9.17, 15) is 0 Å². The van der Waals surface area contributed by atoms with Crippen molar-refractivity contribution in [2.75, 3.05) is 18.5 Å². The summed E-state index contributed by atoms with van der Waals surface area (Å²) in [4.78, 5) is 4.36. The Bertz CT molecular complexity index is 1050. The zero-order valence-corrected chi connectivity index (χ0v) is 16.6. The number of nitrogens with one attached hydrogen (secondary N) is 1. The summed E-state index contributed by atoms with van der Waals surface area (Å²) in [6, 6.07) is 13.4. The third kappa shape index (κ3) is 4.23. The van der Waals surface area contributed by atoms with Crippen molar-refractivity contribution in [3.05, 3.63) is 59.4 Å². The monoisotopic (exact) mass is 389 g/mol. The van der Waals surface area contributed by atoms with Crippen LogP contribution in [0.2, 0.25) is 0 Å². The summed E-state index contributed by atoms with van der Waals surface area (Å²) in [6.07, 6.45) is 3.55. The number of nitriles is 1. The lowest BCUT2D eigenvalue weighted by atomic mass is 10.1. The highest BCUT2D eigenvalue weighted by Crippen LogP contribution is 2.33. The van der Waals surface area contributed by atoms with Crippen LogP contribution in [0.1, 0.15) is 35.7 Å². The van der Waals surface area contributed by atoms with Crippen LogP contribution in [0.15, 0.2) is 42.6 Å². The van der Waals surface area contributed by atoms with Crippen LogP contribution in [-0.4, -0.2) is 28.0 Å². The summed E-state index contributed by atoms with van der Waals surface area (Å²) in [5, 5.41) is 17.0. The van der Waals surface area contributed by atoms with Crippen LogP contribution < -0.4 is 10.1 Å². The topological polar surface area (TPSA) is 85.0 Å². The van der Waals surface area contributed by atoms with Gasteiger partial charge in [0.15, 0.2) is 0 Å². The third-order valence-corrected chi connectivity index (χ3v) is 5.08. The lowest BCUT2D eigenvalue weighted by Crippen LogP contribution is -2.21. The molecule has 0 bridgehead atoms. The van der Waals surface area contributed by atoms with E-state index in [0.717, 1.165) is 48.9 Å². The average Bonchev–Trinajstić information content (AvgIpc) is 3.03. The number of nitrogens with zero attached hydrogens (tertiary/aromatic N) is 4. The van der Waals surface area contributed by atoms with E-state index in [-0.39, 0.29) is 6.04 Å². The number of anilines is 2. The number of hydrogen-bond donors (Lipinski definition) is 1. The predicted molar refractivity (Wildman–Crippen MR) is 110 cm³/mol. The fraction of sp³-hybridized carbons (Fsp3) is 0.318. The van der Waals surface area contributed by atoms with Crippen LogP contribution in [0.4, 0.5) is 11.5 Å². The van der Waals surface area contributed by atoms with Crippen molar-refractivity contribution in [1.29, 1.82) is 5.26 Å². The Kier molecular flexibility index (Phi) is 5.45. The van der Waals surface area contributed by atoms with Gasteiger partial charge < -0.3 is 14.8 Å². The van der Waals surface area contributed by atoms with Crippen molar-refractivity contribution in [3.63, 3.8) is 0 Å². The molecule has 0 unspecified atom stereocenters. The molecule has 1 aliphatic rings. The van der Waals surface area contributed by atoms with Crippen LogP contribution in [0.25, 0.3) is 0 Å². The maximum absolute atomic E-state index is 9.07. The van der Waals surface area contributed by atoms with Crippen LogP contribution in [0, 0.1) is 25.2 Å². The Morgan fingerprint density at radius 2 is 2.03 bits per heavy atom. The second-order valence-electron chi connectivity index (χ2n) is 7.10. The SMILES string of the molecule is Cc1nn(C2CCOCC2)c(Oc2ccnc(Nc3cccc(C#N)c3)c2)c1C. The summed E-state index contributed by atoms with van der Waals surface area (Å²) in [5.74, 6) is 2.08. The van der Waals surface area contributed by atoms with Gasteiger partial charge in [0.2, 0.25) is 5.88 Å². The van der Waals surface area contributed by atoms with Gasteiger partial charge in [-0.3, -0.25) is 0 Å². The fourth-order valence-electron chi connectivity index (χ4n) is 3.38. The van der Waals surface area contributed by atoms with Crippen molar-refractivity contribution < 1.29 is 9.47 Å². The smallest absolute Gasteiger partial charge is 0.221 e. The maximum Gasteiger partial charge on any atom is 0.221 e. The second-order valence-corrected chi connectivity index (χ2v) is 7.10. The Morgan fingerprint density at radius 3 is 2.83 bits per heavy atom. The first-order valence-corrected chi connectivity index (χ1v) is 9.68. The van der Waals surface area contributed by atoms with Gasteiger partial charge in [-0.25, -0.2) is 9.67 Å². The molecular weight excluding hydrogens is 366 g/mol. The van der Waals surface area contributed by atoms with Crippen LogP contribution in [0.3, 0.4) is 0 Å². The molecule has 1 N–H and O–H groups in total. The van der Waals surface area contributed by atoms with Gasteiger partial charge in [0.25, 0.3) is 0 Å². The molecule has 0 amide bonds. The van der Waals surface area contributed by atoms with E-state index >= 15 is 0 Å². The maximum atomic E-state index is 9.07. The number of pyridine rings is 1. The van der Waals surface area contributed by atoms with Crippen molar-refractivity contribution in [2.45, 2.75) is 32.7 Å². The van der Waals surface area contributed by atoms with E-state index in [0.29, 0.717) is 17.1 Å². The molecule has 2 aromatic heterocycles. The average molecular weight is 389 g/mol. The van der Waals surface area contributed by atoms with Crippen molar-refractivity contribution in [2.24, 2.45) is 0 Å². The zero-order valence-electron chi connectivity index (χ0n) is 16.6. The van der Waals surface area contributed by atoms with E-state index in [2.05, 4.69) is 16.4 Å². The summed E-state index contributed by atoms with van der Waals surface area (Å²) in [5.41, 5.74) is 3.39. The molecule has 0 atom stereocenters. The standard InChI is InChI=1S/C22H23N5O2/c1-15-16(2)26-27(19-7-10-28-11-8-19)22(15)29-20-6-9-24-21(13-20)25-18-5-3-4-17(12-18)14-23/h3-6,9,12-13,19H,7-8,10-11H2,1-2H3,(H,24,25). The normalized spacial score (nSPS) is 14.4. The number of benzene rings is 1. The molecule has 0 saturated carbocycles. The molecule has 29 heavy (non-hydrogen) atoms. The van der Waals surface area contributed by atoms with Crippen molar-refractivity contribution >= 4 is 11.5 Å². The van der Waals surface area contributed by atoms with E-state index in [1.165, 1.54) is 0 Å². The van der Waals surface area contributed by atoms with E-state index in [1.54, 1.807) is 18.3 Å². The van der Waals surface area contributed by atoms with Gasteiger partial charge in [0, 0.05) is 36.7 Å². The summed E-state index contributed by atoms with van der Waals surface area (Å²) < 4.78 is 13.7. The molecule has 1 aromatic carbocycles. The molecule has 3 heterocycles. The molecular formula is C22H23N5O2. The van der Waals surface area contributed by atoms with Crippen LogP contribution in [-0.2, 0) is 4.74 Å². The summed E-state index contributed by atoms with van der Waals surface area (Å²) in [6.45, 7) is 5.52. The summed E-state index contributed by atoms with van der Waals surface area (Å²) >= 11 is 0. The second kappa shape index (κ2) is 8.33. The van der Waals surface area contributed by atoms with Gasteiger partial charge in [-0.2, -0.15) is 10.4 Å². The Morgan fingerprint density at radius 1 is 1.21 bits per heavy atom. The molecule has 1 saturated heterocycles. The molecule has 7 nitrogen and oxygen atoms in total. The highest BCUT2D eigenvalue weighted by atomic mass is 16.5. The largest absolute Gasteiger partial charge is 0.439 e. The van der Waals surface area contributed by atoms with Gasteiger partial charge in [-0.1, -0.05) is 6.07 Å². The number of aromatic nitrogens is 3. The van der Waals surface area contributed by atoms with Gasteiger partial charge >= 0.3 is 0 Å². The number of aryl methyl sites for hydroxylation is 1. The molecule has 1 fully saturated rings. The minimum atomic E-state index is 0.277. The zero-order chi connectivity index (χ0) is 20.2. The van der Waals surface area contributed by atoms with E-state index in [1.807, 2.05) is 42.8 Å². The van der Waals surface area contributed by atoms with Gasteiger partial charge in [-0.05, 0) is 51.0 Å². The van der Waals surface area contributed by atoms with Gasteiger partial charge in [-0.15, -0.1) is 0 Å². The van der Waals surface area contributed by atoms with Gasteiger partial charge in [0.1, 0.15) is 11.6 Å². The Labute approximate surface area is 169 Å². The number of rotatable bonds is 5. The molecule has 3 aromatic rings. The molecule has 4 rings (SSSR count). The molecule has 1 aliphatic heterocycles.